The molecule has 0 bridgehead atoms. The van der Waals surface area contributed by atoms with Crippen LogP contribution >= 0.6 is 0 Å². The minimum Gasteiger partial charge on any atom is -0.311 e. The van der Waals surface area contributed by atoms with E-state index in [1.165, 1.54) is 0 Å². The molecule has 6 rings (SSSR count). The van der Waals surface area contributed by atoms with Gasteiger partial charge >= 0.3 is 0 Å². The third-order valence-corrected chi connectivity index (χ3v) is 5.93. The SMILES string of the molecule is c1ccc(N(c2ccccc2)c2ccc(-c3cc4cccnc4c4ncccc34)cc2)cc1. The molecular formula is C30H21N3. The van der Waals surface area contributed by atoms with Crippen LogP contribution in [0.4, 0.5) is 17.1 Å². The lowest BCUT2D eigenvalue weighted by Gasteiger charge is -2.25. The molecule has 0 aliphatic carbocycles. The fourth-order valence-corrected chi connectivity index (χ4v) is 4.41. The molecule has 0 saturated carbocycles. The molecule has 0 spiro atoms. The first kappa shape index (κ1) is 19.2. The number of aromatic nitrogens is 2. The Morgan fingerprint density at radius 3 is 1.73 bits per heavy atom. The number of anilines is 3. The highest BCUT2D eigenvalue weighted by Gasteiger charge is 2.14. The lowest BCUT2D eigenvalue weighted by atomic mass is 9.97. The van der Waals surface area contributed by atoms with E-state index in [2.05, 4.69) is 106 Å². The van der Waals surface area contributed by atoms with E-state index in [9.17, 15) is 0 Å². The van der Waals surface area contributed by atoms with Crippen molar-refractivity contribution in [3.8, 4) is 11.1 Å². The molecule has 0 radical (unpaired) electrons. The van der Waals surface area contributed by atoms with Gasteiger partial charge in [0.05, 0.1) is 11.0 Å². The van der Waals surface area contributed by atoms with Gasteiger partial charge in [0.1, 0.15) is 0 Å². The van der Waals surface area contributed by atoms with Crippen LogP contribution in [0, 0.1) is 0 Å². The van der Waals surface area contributed by atoms with Crippen LogP contribution in [0.2, 0.25) is 0 Å². The Morgan fingerprint density at radius 1 is 0.485 bits per heavy atom. The van der Waals surface area contributed by atoms with Crippen LogP contribution < -0.4 is 4.90 Å². The monoisotopic (exact) mass is 423 g/mol. The zero-order chi connectivity index (χ0) is 22.0. The predicted octanol–water partition coefficient (Wildman–Crippen LogP) is 7.92. The van der Waals surface area contributed by atoms with Gasteiger partial charge in [-0.25, -0.2) is 0 Å². The highest BCUT2D eigenvalue weighted by atomic mass is 15.1. The molecule has 0 aliphatic rings. The fraction of sp³-hybridized carbons (Fsp3) is 0. The number of hydrogen-bond donors (Lipinski definition) is 0. The first-order valence-electron chi connectivity index (χ1n) is 11.0. The van der Waals surface area contributed by atoms with Crippen molar-refractivity contribution in [3.63, 3.8) is 0 Å². The van der Waals surface area contributed by atoms with Gasteiger partial charge in [-0.1, -0.05) is 60.7 Å². The molecule has 0 fully saturated rings. The van der Waals surface area contributed by atoms with Crippen molar-refractivity contribution >= 4 is 38.9 Å². The smallest absolute Gasteiger partial charge is 0.0970 e. The van der Waals surface area contributed by atoms with Crippen molar-refractivity contribution in [1.29, 1.82) is 0 Å². The fourth-order valence-electron chi connectivity index (χ4n) is 4.41. The number of fused-ring (bicyclic) bond motifs is 3. The lowest BCUT2D eigenvalue weighted by molar-refractivity contribution is 1.28. The Hall–Kier alpha value is -4.50. The Kier molecular flexibility index (Phi) is 4.78. The number of pyridine rings is 2. The van der Waals surface area contributed by atoms with Gasteiger partial charge in [0, 0.05) is 40.2 Å². The maximum absolute atomic E-state index is 4.65. The van der Waals surface area contributed by atoms with Crippen LogP contribution in [0.15, 0.2) is 128 Å². The number of para-hydroxylation sites is 2. The van der Waals surface area contributed by atoms with Crippen LogP contribution in [-0.4, -0.2) is 9.97 Å². The van der Waals surface area contributed by atoms with E-state index in [4.69, 9.17) is 0 Å². The second-order valence-corrected chi connectivity index (χ2v) is 7.95. The molecule has 2 aromatic heterocycles. The van der Waals surface area contributed by atoms with Crippen molar-refractivity contribution in [1.82, 2.24) is 9.97 Å². The molecule has 0 unspecified atom stereocenters. The summed E-state index contributed by atoms with van der Waals surface area (Å²) in [6.45, 7) is 0. The number of hydrogen-bond acceptors (Lipinski definition) is 3. The number of benzene rings is 4. The summed E-state index contributed by atoms with van der Waals surface area (Å²) in [5.74, 6) is 0. The molecule has 33 heavy (non-hydrogen) atoms. The summed E-state index contributed by atoms with van der Waals surface area (Å²) < 4.78 is 0. The van der Waals surface area contributed by atoms with E-state index >= 15 is 0 Å². The van der Waals surface area contributed by atoms with Crippen molar-refractivity contribution in [2.24, 2.45) is 0 Å². The Labute approximate surface area is 192 Å². The second-order valence-electron chi connectivity index (χ2n) is 7.95. The highest BCUT2D eigenvalue weighted by Crippen LogP contribution is 2.37. The molecule has 6 aromatic rings. The minimum atomic E-state index is 0.935. The van der Waals surface area contributed by atoms with Gasteiger partial charge < -0.3 is 4.90 Å². The molecule has 3 heteroatoms. The molecule has 0 saturated heterocycles. The van der Waals surface area contributed by atoms with Crippen molar-refractivity contribution < 1.29 is 0 Å². The van der Waals surface area contributed by atoms with Gasteiger partial charge in [-0.2, -0.15) is 0 Å². The molecule has 0 amide bonds. The first-order valence-corrected chi connectivity index (χ1v) is 11.0. The summed E-state index contributed by atoms with van der Waals surface area (Å²) in [5.41, 5.74) is 7.56. The average molecular weight is 424 g/mol. The average Bonchev–Trinajstić information content (AvgIpc) is 2.90. The zero-order valence-electron chi connectivity index (χ0n) is 18.0. The van der Waals surface area contributed by atoms with Gasteiger partial charge in [0.25, 0.3) is 0 Å². The van der Waals surface area contributed by atoms with E-state index in [0.717, 1.165) is 50.0 Å². The minimum absolute atomic E-state index is 0.935. The van der Waals surface area contributed by atoms with Crippen LogP contribution in [0.5, 0.6) is 0 Å². The van der Waals surface area contributed by atoms with Crippen LogP contribution in [0.3, 0.4) is 0 Å². The summed E-state index contributed by atoms with van der Waals surface area (Å²) in [4.78, 5) is 11.5. The Balaban J connectivity index is 1.49. The third kappa shape index (κ3) is 3.50. The van der Waals surface area contributed by atoms with E-state index < -0.39 is 0 Å². The van der Waals surface area contributed by atoms with E-state index in [-0.39, 0.29) is 0 Å². The normalized spacial score (nSPS) is 11.0. The highest BCUT2D eigenvalue weighted by molar-refractivity contribution is 6.10. The second kappa shape index (κ2) is 8.21. The van der Waals surface area contributed by atoms with Gasteiger partial charge in [-0.15, -0.1) is 0 Å². The molecule has 0 N–H and O–H groups in total. The summed E-state index contributed by atoms with van der Waals surface area (Å²) >= 11 is 0. The van der Waals surface area contributed by atoms with E-state index in [1.807, 2.05) is 36.7 Å². The molecule has 0 atom stereocenters. The lowest BCUT2D eigenvalue weighted by Crippen LogP contribution is -2.09. The molecule has 3 nitrogen and oxygen atoms in total. The van der Waals surface area contributed by atoms with Crippen LogP contribution in [0.1, 0.15) is 0 Å². The summed E-state index contributed by atoms with van der Waals surface area (Å²) in [5, 5.41) is 2.21. The summed E-state index contributed by atoms with van der Waals surface area (Å²) in [7, 11) is 0. The maximum atomic E-state index is 4.65. The van der Waals surface area contributed by atoms with Crippen LogP contribution in [-0.2, 0) is 0 Å². The Bertz CT molecular complexity index is 1500. The standard InChI is InChI=1S/C30H21N3/c1-3-10-24(11-4-1)33(25-12-5-2-6-13-25)26-17-15-22(16-18-26)28-21-23-9-7-19-31-29(23)30-27(28)14-8-20-32-30/h1-21H. The van der Waals surface area contributed by atoms with Crippen LogP contribution in [0.25, 0.3) is 32.9 Å². The van der Waals surface area contributed by atoms with Gasteiger partial charge in [0.2, 0.25) is 0 Å². The van der Waals surface area contributed by atoms with E-state index in [0.29, 0.717) is 0 Å². The van der Waals surface area contributed by atoms with Crippen molar-refractivity contribution in [2.45, 2.75) is 0 Å². The van der Waals surface area contributed by atoms with Crippen molar-refractivity contribution in [3.05, 3.63) is 128 Å². The Morgan fingerprint density at radius 2 is 1.06 bits per heavy atom. The first-order chi connectivity index (χ1) is 16.4. The van der Waals surface area contributed by atoms with Gasteiger partial charge in [-0.3, -0.25) is 9.97 Å². The van der Waals surface area contributed by atoms with Crippen molar-refractivity contribution in [2.75, 3.05) is 4.90 Å². The summed E-state index contributed by atoms with van der Waals surface area (Å²) in [6, 6.07) is 40.1. The quantitative estimate of drug-likeness (QED) is 0.270. The third-order valence-electron chi connectivity index (χ3n) is 5.93. The topological polar surface area (TPSA) is 29.0 Å². The van der Waals surface area contributed by atoms with Gasteiger partial charge in [-0.05, 0) is 65.7 Å². The molecule has 4 aromatic carbocycles. The largest absolute Gasteiger partial charge is 0.311 e. The molecule has 0 aliphatic heterocycles. The molecular weight excluding hydrogens is 402 g/mol. The zero-order valence-corrected chi connectivity index (χ0v) is 18.0. The van der Waals surface area contributed by atoms with Gasteiger partial charge in [0.15, 0.2) is 0 Å². The maximum Gasteiger partial charge on any atom is 0.0970 e. The summed E-state index contributed by atoms with van der Waals surface area (Å²) in [6.07, 6.45) is 3.66. The van der Waals surface area contributed by atoms with E-state index in [1.54, 1.807) is 0 Å². The number of nitrogens with zero attached hydrogens (tertiary/aromatic N) is 3. The molecule has 156 valence electrons. The molecule has 2 heterocycles. The predicted molar refractivity (Wildman–Crippen MR) is 137 cm³/mol. The number of rotatable bonds is 4.